The molecule has 0 aliphatic heterocycles. The minimum absolute atomic E-state index is 0.0795. The average molecular weight is 387 g/mol. The summed E-state index contributed by atoms with van der Waals surface area (Å²) in [4.78, 5) is 12.0. The maximum Gasteiger partial charge on any atom is 0.251 e. The van der Waals surface area contributed by atoms with Crippen LogP contribution in [0.5, 0.6) is 0 Å². The molecule has 0 spiro atoms. The Morgan fingerprint density at radius 1 is 1.32 bits per heavy atom. The van der Waals surface area contributed by atoms with Crippen LogP contribution in [0, 0.1) is 0 Å². The van der Waals surface area contributed by atoms with Gasteiger partial charge in [0.2, 0.25) is 0 Å². The van der Waals surface area contributed by atoms with E-state index in [0.717, 1.165) is 21.1 Å². The third-order valence-electron chi connectivity index (χ3n) is 2.71. The quantitative estimate of drug-likeness (QED) is 0.878. The summed E-state index contributed by atoms with van der Waals surface area (Å²) in [6.45, 7) is 0.586. The average Bonchev–Trinajstić information content (AvgIpc) is 2.74. The number of aromatic nitrogens is 2. The smallest absolute Gasteiger partial charge is 0.251 e. The molecule has 0 aliphatic carbocycles. The van der Waals surface area contributed by atoms with Gasteiger partial charge in [-0.3, -0.25) is 9.48 Å². The summed E-state index contributed by atoms with van der Waals surface area (Å²) < 4.78 is 3.55. The molecule has 0 fully saturated rings. The van der Waals surface area contributed by atoms with Gasteiger partial charge in [-0.25, -0.2) is 0 Å². The van der Waals surface area contributed by atoms with Gasteiger partial charge in [0.25, 0.3) is 5.91 Å². The molecule has 1 aromatic heterocycles. The number of hydrogen-bond acceptors (Lipinski definition) is 2. The van der Waals surface area contributed by atoms with Crippen LogP contribution in [0.2, 0.25) is 0 Å². The van der Waals surface area contributed by atoms with Gasteiger partial charge >= 0.3 is 0 Å². The molecule has 2 aromatic rings. The number of carbonyl (C=O) groups excluding carboxylic acids is 1. The molecular formula is C13H13Br2N3O. The van der Waals surface area contributed by atoms with Gasteiger partial charge in [-0.05, 0) is 24.3 Å². The van der Waals surface area contributed by atoms with E-state index in [2.05, 4.69) is 42.3 Å². The molecule has 0 saturated heterocycles. The Morgan fingerprint density at radius 2 is 2.00 bits per heavy atom. The van der Waals surface area contributed by atoms with Crippen molar-refractivity contribution in [2.24, 2.45) is 7.05 Å². The van der Waals surface area contributed by atoms with Crippen LogP contribution in [0.4, 0.5) is 0 Å². The summed E-state index contributed by atoms with van der Waals surface area (Å²) in [5.74, 6) is -0.0795. The second kappa shape index (κ2) is 6.34. The van der Waals surface area contributed by atoms with Gasteiger partial charge < -0.3 is 5.32 Å². The Balaban J connectivity index is 1.92. The first-order valence-corrected chi connectivity index (χ1v) is 7.36. The van der Waals surface area contributed by atoms with Crippen LogP contribution >= 0.6 is 31.9 Å². The third kappa shape index (κ3) is 3.91. The van der Waals surface area contributed by atoms with E-state index < -0.39 is 0 Å². The number of halogens is 2. The summed E-state index contributed by atoms with van der Waals surface area (Å²) in [7, 11) is 1.89. The normalized spacial score (nSPS) is 10.5. The zero-order valence-corrected chi connectivity index (χ0v) is 13.5. The number of carbonyl (C=O) groups is 1. The minimum atomic E-state index is -0.0795. The molecule has 4 nitrogen and oxygen atoms in total. The van der Waals surface area contributed by atoms with E-state index in [4.69, 9.17) is 0 Å². The number of aryl methyl sites for hydroxylation is 1. The summed E-state index contributed by atoms with van der Waals surface area (Å²) in [6.07, 6.45) is 2.51. The Morgan fingerprint density at radius 3 is 2.58 bits per heavy atom. The molecule has 19 heavy (non-hydrogen) atoms. The van der Waals surface area contributed by atoms with Crippen LogP contribution in [-0.2, 0) is 13.5 Å². The van der Waals surface area contributed by atoms with Crippen molar-refractivity contribution >= 4 is 37.8 Å². The van der Waals surface area contributed by atoms with Crippen molar-refractivity contribution in [3.8, 4) is 0 Å². The second-order valence-electron chi connectivity index (χ2n) is 4.11. The van der Waals surface area contributed by atoms with Crippen LogP contribution < -0.4 is 5.32 Å². The lowest BCUT2D eigenvalue weighted by atomic mass is 10.2. The Labute approximate surface area is 128 Å². The molecule has 2 rings (SSSR count). The highest BCUT2D eigenvalue weighted by Gasteiger charge is 2.07. The van der Waals surface area contributed by atoms with Crippen LogP contribution in [0.15, 0.2) is 39.4 Å². The van der Waals surface area contributed by atoms with E-state index in [0.29, 0.717) is 12.1 Å². The van der Waals surface area contributed by atoms with Gasteiger partial charge in [-0.15, -0.1) is 0 Å². The lowest BCUT2D eigenvalue weighted by Gasteiger charge is -2.06. The highest BCUT2D eigenvalue weighted by atomic mass is 79.9. The molecule has 0 unspecified atom stereocenters. The van der Waals surface area contributed by atoms with Crippen molar-refractivity contribution in [3.63, 3.8) is 0 Å². The van der Waals surface area contributed by atoms with Gasteiger partial charge in [0.15, 0.2) is 0 Å². The van der Waals surface area contributed by atoms with E-state index in [9.17, 15) is 4.79 Å². The highest BCUT2D eigenvalue weighted by Crippen LogP contribution is 2.19. The molecule has 0 bridgehead atoms. The lowest BCUT2D eigenvalue weighted by Crippen LogP contribution is -2.26. The van der Waals surface area contributed by atoms with Crippen LogP contribution in [0.1, 0.15) is 16.1 Å². The topological polar surface area (TPSA) is 46.9 Å². The number of benzene rings is 1. The molecule has 1 amide bonds. The molecule has 0 saturated carbocycles. The highest BCUT2D eigenvalue weighted by molar-refractivity contribution is 9.11. The zero-order chi connectivity index (χ0) is 13.8. The van der Waals surface area contributed by atoms with E-state index in [1.165, 1.54) is 0 Å². The van der Waals surface area contributed by atoms with Crippen molar-refractivity contribution in [1.29, 1.82) is 0 Å². The third-order valence-corrected chi connectivity index (χ3v) is 3.63. The summed E-state index contributed by atoms with van der Waals surface area (Å²) in [5, 5.41) is 6.98. The summed E-state index contributed by atoms with van der Waals surface area (Å²) in [6, 6.07) is 7.43. The molecule has 0 aliphatic rings. The molecule has 6 heteroatoms. The lowest BCUT2D eigenvalue weighted by molar-refractivity contribution is 0.0954. The van der Waals surface area contributed by atoms with E-state index in [1.807, 2.05) is 23.9 Å². The fourth-order valence-electron chi connectivity index (χ4n) is 1.74. The zero-order valence-electron chi connectivity index (χ0n) is 10.4. The number of amides is 1. The molecule has 1 aromatic carbocycles. The van der Waals surface area contributed by atoms with Gasteiger partial charge in [-0.2, -0.15) is 5.10 Å². The number of nitrogens with one attached hydrogen (secondary N) is 1. The fourth-order valence-corrected chi connectivity index (χ4v) is 3.03. The summed E-state index contributed by atoms with van der Waals surface area (Å²) >= 11 is 6.74. The largest absolute Gasteiger partial charge is 0.352 e. The first kappa shape index (κ1) is 14.3. The van der Waals surface area contributed by atoms with E-state index in [-0.39, 0.29) is 5.91 Å². The van der Waals surface area contributed by atoms with Crippen LogP contribution in [0.3, 0.4) is 0 Å². The predicted octanol–water partition coefficient (Wildman–Crippen LogP) is 2.92. The molecule has 0 atom stereocenters. The number of rotatable bonds is 4. The Hall–Kier alpha value is -1.14. The minimum Gasteiger partial charge on any atom is -0.352 e. The number of nitrogens with zero attached hydrogens (tertiary/aromatic N) is 2. The second-order valence-corrected chi connectivity index (χ2v) is 5.94. The number of hydrogen-bond donors (Lipinski definition) is 1. The van der Waals surface area contributed by atoms with Crippen molar-refractivity contribution in [3.05, 3.63) is 50.7 Å². The SMILES string of the molecule is Cn1nccc1CCNC(=O)c1cc(Br)cc(Br)c1. The van der Waals surface area contributed by atoms with Crippen LogP contribution in [-0.4, -0.2) is 22.2 Å². The summed E-state index contributed by atoms with van der Waals surface area (Å²) in [5.41, 5.74) is 1.72. The maximum atomic E-state index is 12.0. The van der Waals surface area contributed by atoms with Crippen molar-refractivity contribution in [1.82, 2.24) is 15.1 Å². The standard InChI is InChI=1S/C13H13Br2N3O/c1-18-12(3-5-17-18)2-4-16-13(19)9-6-10(14)8-11(15)7-9/h3,5-8H,2,4H2,1H3,(H,16,19). The van der Waals surface area contributed by atoms with Crippen molar-refractivity contribution in [2.75, 3.05) is 6.54 Å². The van der Waals surface area contributed by atoms with Crippen LogP contribution in [0.25, 0.3) is 0 Å². The first-order chi connectivity index (χ1) is 9.06. The fraction of sp³-hybridized carbons (Fsp3) is 0.231. The maximum absolute atomic E-state index is 12.0. The molecule has 0 radical (unpaired) electrons. The first-order valence-electron chi connectivity index (χ1n) is 5.77. The Kier molecular flexibility index (Phi) is 4.76. The van der Waals surface area contributed by atoms with Gasteiger partial charge in [0.1, 0.15) is 0 Å². The van der Waals surface area contributed by atoms with E-state index >= 15 is 0 Å². The van der Waals surface area contributed by atoms with E-state index in [1.54, 1.807) is 18.3 Å². The monoisotopic (exact) mass is 385 g/mol. The van der Waals surface area contributed by atoms with Gasteiger partial charge in [0, 0.05) is 46.4 Å². The van der Waals surface area contributed by atoms with Gasteiger partial charge in [-0.1, -0.05) is 31.9 Å². The molecular weight excluding hydrogens is 374 g/mol. The molecule has 1 heterocycles. The molecule has 100 valence electrons. The van der Waals surface area contributed by atoms with Crippen molar-refractivity contribution in [2.45, 2.75) is 6.42 Å². The van der Waals surface area contributed by atoms with Crippen molar-refractivity contribution < 1.29 is 4.79 Å². The Bertz CT molecular complexity index is 575. The van der Waals surface area contributed by atoms with Gasteiger partial charge in [0.05, 0.1) is 0 Å². The predicted molar refractivity (Wildman–Crippen MR) is 81.1 cm³/mol. The molecule has 1 N–H and O–H groups in total.